The summed E-state index contributed by atoms with van der Waals surface area (Å²) in [5, 5.41) is 10.1. The van der Waals surface area contributed by atoms with Crippen molar-refractivity contribution in [2.24, 2.45) is 0 Å². The van der Waals surface area contributed by atoms with Gasteiger partial charge in [-0.05, 0) is 54.0 Å². The van der Waals surface area contributed by atoms with Gasteiger partial charge >= 0.3 is 0 Å². The molecule has 1 aliphatic rings. The third kappa shape index (κ3) is 3.65. The molecule has 1 saturated heterocycles. The highest BCUT2D eigenvalue weighted by molar-refractivity contribution is 6.31. The van der Waals surface area contributed by atoms with E-state index in [2.05, 4.69) is 22.6 Å². The summed E-state index contributed by atoms with van der Waals surface area (Å²) >= 11 is 6.10. The molecule has 2 heterocycles. The first-order chi connectivity index (χ1) is 14.0. The largest absolute Gasteiger partial charge is 0.338 e. The van der Waals surface area contributed by atoms with E-state index in [0.717, 1.165) is 17.5 Å². The van der Waals surface area contributed by atoms with Gasteiger partial charge in [0.05, 0.1) is 22.5 Å². The second-order valence-electron chi connectivity index (χ2n) is 7.00. The Balaban J connectivity index is 1.71. The average Bonchev–Trinajstić information content (AvgIpc) is 3.22. The second-order valence-corrected chi connectivity index (χ2v) is 7.43. The van der Waals surface area contributed by atoms with Crippen LogP contribution < -0.4 is 5.56 Å². The number of rotatable bonds is 3. The number of nitrogens with one attached hydrogen (secondary N) is 1. The maximum Gasteiger partial charge on any atom is 0.258 e. The standard InChI is InChI=1S/C22H17ClN4O2/c1-2-20(28)27-6-5-15(12-27)21-25-19-4-3-14(10-18(19)22(29)26-21)16-7-13(11-24)8-17(23)9-16/h2-4,7-10,15H,1,5-6,12H2,(H,25,26,29). The van der Waals surface area contributed by atoms with Gasteiger partial charge in [-0.25, -0.2) is 4.98 Å². The summed E-state index contributed by atoms with van der Waals surface area (Å²) < 4.78 is 0. The van der Waals surface area contributed by atoms with E-state index in [1.807, 2.05) is 6.07 Å². The highest BCUT2D eigenvalue weighted by atomic mass is 35.5. The lowest BCUT2D eigenvalue weighted by Crippen LogP contribution is -2.26. The molecule has 1 aromatic heterocycles. The lowest BCUT2D eigenvalue weighted by atomic mass is 10.0. The Hall–Kier alpha value is -3.43. The van der Waals surface area contributed by atoms with Gasteiger partial charge in [0, 0.05) is 24.0 Å². The third-order valence-corrected chi connectivity index (χ3v) is 5.36. The molecule has 144 valence electrons. The molecule has 4 rings (SSSR count). The molecule has 1 amide bonds. The maximum absolute atomic E-state index is 12.7. The van der Waals surface area contributed by atoms with Crippen molar-refractivity contribution in [3.05, 3.63) is 75.8 Å². The highest BCUT2D eigenvalue weighted by Gasteiger charge is 2.28. The number of hydrogen-bond acceptors (Lipinski definition) is 4. The molecule has 29 heavy (non-hydrogen) atoms. The Labute approximate surface area is 172 Å². The summed E-state index contributed by atoms with van der Waals surface area (Å²) in [6.45, 7) is 4.64. The van der Waals surface area contributed by atoms with Crippen LogP contribution in [-0.2, 0) is 4.79 Å². The Kier molecular flexibility index (Phi) is 4.91. The number of aromatic amines is 1. The molecule has 1 fully saturated rings. The van der Waals surface area contributed by atoms with E-state index in [0.29, 0.717) is 40.4 Å². The monoisotopic (exact) mass is 404 g/mol. The Morgan fingerprint density at radius 1 is 1.31 bits per heavy atom. The summed E-state index contributed by atoms with van der Waals surface area (Å²) in [6.07, 6.45) is 2.04. The van der Waals surface area contributed by atoms with Gasteiger partial charge in [-0.3, -0.25) is 9.59 Å². The molecule has 0 saturated carbocycles. The van der Waals surface area contributed by atoms with Crippen LogP contribution in [0.5, 0.6) is 0 Å². The van der Waals surface area contributed by atoms with Gasteiger partial charge in [0.25, 0.3) is 5.56 Å². The summed E-state index contributed by atoms with van der Waals surface area (Å²) in [5.41, 5.74) is 2.34. The first-order valence-corrected chi connectivity index (χ1v) is 9.52. The Morgan fingerprint density at radius 3 is 2.90 bits per heavy atom. The number of nitrogens with zero attached hydrogens (tertiary/aromatic N) is 3. The van der Waals surface area contributed by atoms with E-state index in [-0.39, 0.29) is 17.4 Å². The zero-order valence-corrected chi connectivity index (χ0v) is 16.2. The van der Waals surface area contributed by atoms with Crippen molar-refractivity contribution in [3.8, 4) is 17.2 Å². The van der Waals surface area contributed by atoms with Crippen LogP contribution in [-0.4, -0.2) is 33.9 Å². The predicted octanol–water partition coefficient (Wildman–Crippen LogP) is 3.62. The average molecular weight is 405 g/mol. The topological polar surface area (TPSA) is 89.8 Å². The van der Waals surface area contributed by atoms with Gasteiger partial charge in [-0.15, -0.1) is 0 Å². The molecule has 0 aliphatic carbocycles. The molecule has 1 atom stereocenters. The number of carbonyl (C=O) groups excluding carboxylic acids is 1. The number of halogens is 1. The van der Waals surface area contributed by atoms with Crippen LogP contribution in [0.15, 0.2) is 53.8 Å². The van der Waals surface area contributed by atoms with Crippen molar-refractivity contribution in [3.63, 3.8) is 0 Å². The fraction of sp³-hybridized carbons (Fsp3) is 0.182. The van der Waals surface area contributed by atoms with Crippen LogP contribution in [0.1, 0.15) is 23.7 Å². The second kappa shape index (κ2) is 7.53. The van der Waals surface area contributed by atoms with Gasteiger partial charge in [0.2, 0.25) is 5.91 Å². The molecule has 1 N–H and O–H groups in total. The molecule has 0 radical (unpaired) electrons. The van der Waals surface area contributed by atoms with Crippen LogP contribution in [0, 0.1) is 11.3 Å². The van der Waals surface area contributed by atoms with E-state index < -0.39 is 0 Å². The van der Waals surface area contributed by atoms with E-state index >= 15 is 0 Å². The van der Waals surface area contributed by atoms with Crippen LogP contribution >= 0.6 is 11.6 Å². The SMILES string of the molecule is C=CC(=O)N1CCC(c2nc3ccc(-c4cc(Cl)cc(C#N)c4)cc3c(=O)[nH]2)C1. The van der Waals surface area contributed by atoms with Gasteiger partial charge in [-0.1, -0.05) is 24.2 Å². The zero-order valence-electron chi connectivity index (χ0n) is 15.5. The van der Waals surface area contributed by atoms with Crippen LogP contribution in [0.4, 0.5) is 0 Å². The maximum atomic E-state index is 12.7. The molecule has 1 unspecified atom stereocenters. The van der Waals surface area contributed by atoms with Gasteiger partial charge in [-0.2, -0.15) is 5.26 Å². The van der Waals surface area contributed by atoms with Crippen molar-refractivity contribution >= 4 is 28.4 Å². The first kappa shape index (κ1) is 18.9. The van der Waals surface area contributed by atoms with Crippen LogP contribution in [0.2, 0.25) is 5.02 Å². The first-order valence-electron chi connectivity index (χ1n) is 9.15. The third-order valence-electron chi connectivity index (χ3n) is 5.15. The minimum atomic E-state index is -0.233. The van der Waals surface area contributed by atoms with E-state index in [1.54, 1.807) is 35.2 Å². The van der Waals surface area contributed by atoms with Crippen molar-refractivity contribution in [1.29, 1.82) is 5.26 Å². The molecular formula is C22H17ClN4O2. The number of benzene rings is 2. The van der Waals surface area contributed by atoms with Gasteiger partial charge < -0.3 is 9.88 Å². The summed E-state index contributed by atoms with van der Waals surface area (Å²) in [6, 6.07) is 12.6. The number of amides is 1. The number of hydrogen-bond donors (Lipinski definition) is 1. The van der Waals surface area contributed by atoms with Gasteiger partial charge in [0.1, 0.15) is 5.82 Å². The number of aromatic nitrogens is 2. The van der Waals surface area contributed by atoms with Crippen molar-refractivity contribution in [2.45, 2.75) is 12.3 Å². The lowest BCUT2D eigenvalue weighted by Gasteiger charge is -2.14. The highest BCUT2D eigenvalue weighted by Crippen LogP contribution is 2.28. The number of H-pyrrole nitrogens is 1. The number of fused-ring (bicyclic) bond motifs is 1. The number of carbonyl (C=O) groups is 1. The van der Waals surface area contributed by atoms with E-state index in [1.165, 1.54) is 6.08 Å². The zero-order chi connectivity index (χ0) is 20.5. The molecule has 6 nitrogen and oxygen atoms in total. The summed E-state index contributed by atoms with van der Waals surface area (Å²) in [7, 11) is 0. The van der Waals surface area contributed by atoms with E-state index in [9.17, 15) is 9.59 Å². The molecule has 0 spiro atoms. The van der Waals surface area contributed by atoms with Gasteiger partial charge in [0.15, 0.2) is 0 Å². The minimum Gasteiger partial charge on any atom is -0.338 e. The molecule has 7 heteroatoms. The predicted molar refractivity (Wildman–Crippen MR) is 112 cm³/mol. The van der Waals surface area contributed by atoms with Crippen molar-refractivity contribution in [1.82, 2.24) is 14.9 Å². The molecule has 0 bridgehead atoms. The molecular weight excluding hydrogens is 388 g/mol. The fourth-order valence-electron chi connectivity index (χ4n) is 3.66. The lowest BCUT2D eigenvalue weighted by molar-refractivity contribution is -0.125. The molecule has 3 aromatic rings. The molecule has 2 aromatic carbocycles. The smallest absolute Gasteiger partial charge is 0.258 e. The Bertz CT molecular complexity index is 1240. The fourth-order valence-corrected chi connectivity index (χ4v) is 3.90. The Morgan fingerprint density at radius 2 is 2.14 bits per heavy atom. The quantitative estimate of drug-likeness (QED) is 0.675. The summed E-state index contributed by atoms with van der Waals surface area (Å²) in [4.78, 5) is 33.7. The summed E-state index contributed by atoms with van der Waals surface area (Å²) in [5.74, 6) is 0.462. The number of nitriles is 1. The number of likely N-dealkylation sites (tertiary alicyclic amines) is 1. The van der Waals surface area contributed by atoms with Crippen LogP contribution in [0.25, 0.3) is 22.0 Å². The van der Waals surface area contributed by atoms with Crippen LogP contribution in [0.3, 0.4) is 0 Å². The minimum absolute atomic E-state index is 0.0122. The van der Waals surface area contributed by atoms with Crippen molar-refractivity contribution in [2.75, 3.05) is 13.1 Å². The normalized spacial score (nSPS) is 16.0. The van der Waals surface area contributed by atoms with Crippen molar-refractivity contribution < 1.29 is 4.79 Å². The molecule has 1 aliphatic heterocycles. The van der Waals surface area contributed by atoms with E-state index in [4.69, 9.17) is 16.9 Å².